The van der Waals surface area contributed by atoms with Crippen molar-refractivity contribution in [2.45, 2.75) is 34.9 Å². The normalized spacial score (nSPS) is 19.1. The summed E-state index contributed by atoms with van der Waals surface area (Å²) < 4.78 is 13.4. The van der Waals surface area contributed by atoms with Crippen LogP contribution in [-0.4, -0.2) is 28.5 Å². The SMILES string of the molecule is O=C1CC(c2ccsc2)(c2cccc(NCCCc3ccc(F)c(Cl)c3)n2)NC(=O)C1Sc1ccccc1Cl. The first-order valence-corrected chi connectivity index (χ1v) is 14.9. The Bertz CT molecular complexity index is 1480. The van der Waals surface area contributed by atoms with Gasteiger partial charge in [-0.3, -0.25) is 9.59 Å². The van der Waals surface area contributed by atoms with Crippen LogP contribution in [0, 0.1) is 5.82 Å². The van der Waals surface area contributed by atoms with E-state index in [-0.39, 0.29) is 23.1 Å². The van der Waals surface area contributed by atoms with Crippen molar-refractivity contribution >= 4 is 63.8 Å². The monoisotopic (exact) mass is 599 g/mol. The highest BCUT2D eigenvalue weighted by atomic mass is 35.5. The van der Waals surface area contributed by atoms with E-state index in [1.54, 1.807) is 24.3 Å². The Morgan fingerprint density at radius 1 is 1.08 bits per heavy atom. The highest BCUT2D eigenvalue weighted by Gasteiger charge is 2.48. The molecule has 0 aliphatic carbocycles. The van der Waals surface area contributed by atoms with Crippen molar-refractivity contribution in [3.63, 3.8) is 0 Å². The fraction of sp³-hybridized carbons (Fsp3) is 0.207. The van der Waals surface area contributed by atoms with Crippen molar-refractivity contribution in [1.82, 2.24) is 10.3 Å². The maximum atomic E-state index is 13.5. The summed E-state index contributed by atoms with van der Waals surface area (Å²) in [6.45, 7) is 0.624. The Morgan fingerprint density at radius 2 is 1.92 bits per heavy atom. The highest BCUT2D eigenvalue weighted by molar-refractivity contribution is 8.01. The molecule has 2 aromatic carbocycles. The van der Waals surface area contributed by atoms with Gasteiger partial charge >= 0.3 is 0 Å². The largest absolute Gasteiger partial charge is 0.370 e. The number of nitrogens with zero attached hydrogens (tertiary/aromatic N) is 1. The van der Waals surface area contributed by atoms with Gasteiger partial charge in [0.15, 0.2) is 5.78 Å². The van der Waals surface area contributed by atoms with Crippen molar-refractivity contribution in [2.75, 3.05) is 11.9 Å². The standard InChI is InChI=1S/C29H24Cl2FN3O2S2/c30-20-6-1-2-7-24(20)39-27-23(36)16-29(35-28(27)37,19-12-14-38-17-19)25-8-3-9-26(34-25)33-13-4-5-18-10-11-22(32)21(31)15-18/h1-3,6-12,14-15,17,27H,4-5,13,16H2,(H,33,34)(H,35,37). The average molecular weight is 601 g/mol. The molecule has 4 aromatic rings. The summed E-state index contributed by atoms with van der Waals surface area (Å²) in [6, 6.07) is 19.4. The van der Waals surface area contributed by atoms with Crippen LogP contribution in [0.1, 0.15) is 29.7 Å². The zero-order valence-electron chi connectivity index (χ0n) is 20.6. The molecule has 2 unspecified atom stereocenters. The van der Waals surface area contributed by atoms with Crippen molar-refractivity contribution in [3.05, 3.63) is 110 Å². The number of nitrogens with one attached hydrogen (secondary N) is 2. The van der Waals surface area contributed by atoms with Gasteiger partial charge in [0, 0.05) is 17.9 Å². The van der Waals surface area contributed by atoms with Crippen molar-refractivity contribution in [3.8, 4) is 0 Å². The first-order valence-electron chi connectivity index (χ1n) is 12.3. The molecule has 1 amide bonds. The van der Waals surface area contributed by atoms with Gasteiger partial charge in [0.2, 0.25) is 5.91 Å². The van der Waals surface area contributed by atoms with Crippen LogP contribution in [0.15, 0.2) is 82.4 Å². The maximum absolute atomic E-state index is 13.5. The number of thiophene rings is 1. The third-order valence-corrected chi connectivity index (χ3v) is 9.26. The maximum Gasteiger partial charge on any atom is 0.242 e. The number of carbonyl (C=O) groups excluding carboxylic acids is 2. The van der Waals surface area contributed by atoms with Crippen LogP contribution in [0.4, 0.5) is 10.2 Å². The first-order chi connectivity index (χ1) is 18.9. The van der Waals surface area contributed by atoms with E-state index >= 15 is 0 Å². The lowest BCUT2D eigenvalue weighted by molar-refractivity contribution is -0.133. The zero-order chi connectivity index (χ0) is 27.4. The van der Waals surface area contributed by atoms with Gasteiger partial charge < -0.3 is 10.6 Å². The van der Waals surface area contributed by atoms with Gasteiger partial charge in [-0.1, -0.05) is 47.5 Å². The average Bonchev–Trinajstić information content (AvgIpc) is 3.48. The number of carbonyl (C=O) groups is 2. The Labute approximate surface area is 244 Å². The minimum absolute atomic E-state index is 0.0688. The number of amides is 1. The van der Waals surface area contributed by atoms with Gasteiger partial charge in [0.1, 0.15) is 22.4 Å². The van der Waals surface area contributed by atoms with Gasteiger partial charge in [-0.15, -0.1) is 11.8 Å². The lowest BCUT2D eigenvalue weighted by Gasteiger charge is -2.39. The topological polar surface area (TPSA) is 71.1 Å². The molecule has 200 valence electrons. The summed E-state index contributed by atoms with van der Waals surface area (Å²) in [5.74, 6) is -0.358. The van der Waals surface area contributed by atoms with Crippen LogP contribution in [0.2, 0.25) is 10.0 Å². The Morgan fingerprint density at radius 3 is 2.67 bits per heavy atom. The van der Waals surface area contributed by atoms with E-state index in [4.69, 9.17) is 28.2 Å². The fourth-order valence-corrected chi connectivity index (χ4v) is 6.74. The second kappa shape index (κ2) is 12.1. The molecule has 39 heavy (non-hydrogen) atoms. The number of Topliss-reactive ketones (excluding diaryl/α,β-unsaturated/α-hetero) is 1. The molecule has 10 heteroatoms. The van der Waals surface area contributed by atoms with E-state index in [1.165, 1.54) is 17.4 Å². The number of benzene rings is 2. The molecule has 0 radical (unpaired) electrons. The van der Waals surface area contributed by atoms with Crippen LogP contribution < -0.4 is 10.6 Å². The van der Waals surface area contributed by atoms with E-state index in [1.807, 2.05) is 47.2 Å². The molecular formula is C29H24Cl2FN3O2S2. The van der Waals surface area contributed by atoms with Crippen LogP contribution in [0.3, 0.4) is 0 Å². The number of rotatable bonds is 9. The molecular weight excluding hydrogens is 576 g/mol. The molecule has 1 saturated heterocycles. The number of ketones is 1. The summed E-state index contributed by atoms with van der Waals surface area (Å²) in [4.78, 5) is 32.4. The smallest absolute Gasteiger partial charge is 0.242 e. The fourth-order valence-electron chi connectivity index (χ4n) is 4.57. The van der Waals surface area contributed by atoms with Crippen LogP contribution in [0.5, 0.6) is 0 Å². The Balaban J connectivity index is 1.33. The molecule has 5 rings (SSSR count). The minimum Gasteiger partial charge on any atom is -0.370 e. The van der Waals surface area contributed by atoms with Crippen molar-refractivity contribution in [1.29, 1.82) is 0 Å². The Hall–Kier alpha value is -2.91. The predicted octanol–water partition coefficient (Wildman–Crippen LogP) is 7.13. The molecule has 3 heterocycles. The molecule has 0 bridgehead atoms. The summed E-state index contributed by atoms with van der Waals surface area (Å²) in [5, 5.41) is 10.0. The van der Waals surface area contributed by atoms with Gasteiger partial charge in [-0.25, -0.2) is 9.37 Å². The van der Waals surface area contributed by atoms with Crippen LogP contribution in [-0.2, 0) is 21.5 Å². The second-order valence-corrected chi connectivity index (χ2v) is 11.9. The molecule has 1 fully saturated rings. The van der Waals surface area contributed by atoms with E-state index in [9.17, 15) is 14.0 Å². The highest BCUT2D eigenvalue weighted by Crippen LogP contribution is 2.41. The molecule has 0 saturated carbocycles. The quantitative estimate of drug-likeness (QED) is 0.158. The number of anilines is 1. The van der Waals surface area contributed by atoms with Gasteiger partial charge in [-0.05, 0) is 77.2 Å². The number of thioether (sulfide) groups is 1. The van der Waals surface area contributed by atoms with E-state index in [0.717, 1.165) is 35.7 Å². The number of hydrogen-bond donors (Lipinski definition) is 2. The number of halogens is 3. The van der Waals surface area contributed by atoms with E-state index < -0.39 is 16.6 Å². The van der Waals surface area contributed by atoms with Gasteiger partial charge in [0.25, 0.3) is 0 Å². The third kappa shape index (κ3) is 6.14. The summed E-state index contributed by atoms with van der Waals surface area (Å²) in [7, 11) is 0. The lowest BCUT2D eigenvalue weighted by Crippen LogP contribution is -2.58. The van der Waals surface area contributed by atoms with Crippen LogP contribution >= 0.6 is 46.3 Å². The third-order valence-electron chi connectivity index (χ3n) is 6.52. The number of hydrogen-bond acceptors (Lipinski definition) is 6. The first kappa shape index (κ1) is 27.6. The molecule has 1 aliphatic rings. The van der Waals surface area contributed by atoms with E-state index in [2.05, 4.69) is 10.6 Å². The van der Waals surface area contributed by atoms with Gasteiger partial charge in [-0.2, -0.15) is 11.3 Å². The number of piperidine rings is 1. The molecule has 5 nitrogen and oxygen atoms in total. The van der Waals surface area contributed by atoms with Gasteiger partial charge in [0.05, 0.1) is 15.7 Å². The molecule has 1 aliphatic heterocycles. The molecule has 2 N–H and O–H groups in total. The Kier molecular flexibility index (Phi) is 8.57. The number of pyridine rings is 1. The number of aryl methyl sites for hydroxylation is 1. The summed E-state index contributed by atoms with van der Waals surface area (Å²) in [6.07, 6.45) is 1.57. The predicted molar refractivity (Wildman–Crippen MR) is 156 cm³/mol. The minimum atomic E-state index is -1.08. The van der Waals surface area contributed by atoms with Crippen molar-refractivity contribution in [2.24, 2.45) is 0 Å². The molecule has 2 aromatic heterocycles. The number of aromatic nitrogens is 1. The second-order valence-electron chi connectivity index (χ2n) is 9.16. The summed E-state index contributed by atoms with van der Waals surface area (Å²) in [5.41, 5.74) is 1.27. The molecule has 0 spiro atoms. The van der Waals surface area contributed by atoms with Crippen molar-refractivity contribution < 1.29 is 14.0 Å². The molecule has 2 atom stereocenters. The van der Waals surface area contributed by atoms with E-state index in [0.29, 0.717) is 28.0 Å². The summed E-state index contributed by atoms with van der Waals surface area (Å²) >= 11 is 14.8. The lowest BCUT2D eigenvalue weighted by atomic mass is 9.79. The van der Waals surface area contributed by atoms with Crippen LogP contribution in [0.25, 0.3) is 0 Å². The zero-order valence-corrected chi connectivity index (χ0v) is 23.8.